The first-order valence-electron chi connectivity index (χ1n) is 7.06. The van der Waals surface area contributed by atoms with Crippen LogP contribution in [0.1, 0.15) is 24.8 Å². The number of benzene rings is 1. The van der Waals surface area contributed by atoms with Crippen LogP contribution in [-0.2, 0) is 11.3 Å². The summed E-state index contributed by atoms with van der Waals surface area (Å²) in [4.78, 5) is 2.52. The Balaban J connectivity index is 1.69. The number of nitrogens with zero attached hydrogens (tertiary/aromatic N) is 1. The summed E-state index contributed by atoms with van der Waals surface area (Å²) < 4.78 is 7.13. The summed E-state index contributed by atoms with van der Waals surface area (Å²) in [7, 11) is 0. The molecule has 106 valence electrons. The molecule has 0 aromatic heterocycles. The molecule has 0 spiro atoms. The number of nitrogens with two attached hydrogens (primary N) is 1. The molecule has 1 aliphatic heterocycles. The number of halogens is 1. The standard InChI is InChI=1S/C15H23IN2O/c16-14-4-2-13(3-5-14)12-18-9-6-15(7-10-18)19-11-1-8-17/h2-5,15H,1,6-12,17H2. The van der Waals surface area contributed by atoms with Gasteiger partial charge in [0, 0.05) is 29.8 Å². The van der Waals surface area contributed by atoms with Gasteiger partial charge in [-0.15, -0.1) is 0 Å². The predicted octanol–water partition coefficient (Wildman–Crippen LogP) is 2.62. The van der Waals surface area contributed by atoms with E-state index >= 15 is 0 Å². The molecule has 0 saturated carbocycles. The third kappa shape index (κ3) is 5.38. The monoisotopic (exact) mass is 374 g/mol. The van der Waals surface area contributed by atoms with Crippen LogP contribution in [0.5, 0.6) is 0 Å². The molecule has 3 nitrogen and oxygen atoms in total. The average Bonchev–Trinajstić information content (AvgIpc) is 2.44. The Kier molecular flexibility index (Phi) is 6.56. The van der Waals surface area contributed by atoms with Crippen molar-refractivity contribution in [3.05, 3.63) is 33.4 Å². The van der Waals surface area contributed by atoms with Crippen LogP contribution >= 0.6 is 22.6 Å². The molecule has 0 atom stereocenters. The van der Waals surface area contributed by atoms with E-state index in [-0.39, 0.29) is 0 Å². The van der Waals surface area contributed by atoms with E-state index in [2.05, 4.69) is 51.8 Å². The molecule has 1 fully saturated rings. The van der Waals surface area contributed by atoms with Crippen molar-refractivity contribution in [2.24, 2.45) is 5.73 Å². The van der Waals surface area contributed by atoms with E-state index in [9.17, 15) is 0 Å². The van der Waals surface area contributed by atoms with E-state index in [0.717, 1.165) is 52.0 Å². The van der Waals surface area contributed by atoms with Crippen LogP contribution in [0.25, 0.3) is 0 Å². The van der Waals surface area contributed by atoms with E-state index in [1.165, 1.54) is 9.13 Å². The molecule has 0 aliphatic carbocycles. The minimum Gasteiger partial charge on any atom is -0.378 e. The Morgan fingerprint density at radius 3 is 2.53 bits per heavy atom. The number of hydrogen-bond donors (Lipinski definition) is 1. The largest absolute Gasteiger partial charge is 0.378 e. The zero-order valence-corrected chi connectivity index (χ0v) is 13.5. The van der Waals surface area contributed by atoms with E-state index < -0.39 is 0 Å². The van der Waals surface area contributed by atoms with Gasteiger partial charge in [-0.05, 0) is 66.1 Å². The Morgan fingerprint density at radius 2 is 1.89 bits per heavy atom. The molecule has 1 saturated heterocycles. The summed E-state index contributed by atoms with van der Waals surface area (Å²) in [6.07, 6.45) is 3.71. The molecule has 2 N–H and O–H groups in total. The van der Waals surface area contributed by atoms with Gasteiger partial charge in [-0.25, -0.2) is 0 Å². The van der Waals surface area contributed by atoms with E-state index in [0.29, 0.717) is 6.10 Å². The fourth-order valence-corrected chi connectivity index (χ4v) is 2.77. The molecule has 0 unspecified atom stereocenters. The Bertz CT molecular complexity index is 361. The molecule has 19 heavy (non-hydrogen) atoms. The Hall–Kier alpha value is -0.170. The Morgan fingerprint density at radius 1 is 1.21 bits per heavy atom. The highest BCUT2D eigenvalue weighted by Crippen LogP contribution is 2.17. The summed E-state index contributed by atoms with van der Waals surface area (Å²) in [5.41, 5.74) is 6.88. The maximum absolute atomic E-state index is 5.83. The fourth-order valence-electron chi connectivity index (χ4n) is 2.42. The lowest BCUT2D eigenvalue weighted by Gasteiger charge is -2.31. The number of piperidine rings is 1. The van der Waals surface area contributed by atoms with Gasteiger partial charge in [-0.2, -0.15) is 0 Å². The summed E-state index contributed by atoms with van der Waals surface area (Å²) in [5.74, 6) is 0. The van der Waals surface area contributed by atoms with Gasteiger partial charge in [0.2, 0.25) is 0 Å². The quantitative estimate of drug-likeness (QED) is 0.615. The molecule has 1 heterocycles. The second-order valence-corrected chi connectivity index (χ2v) is 6.36. The van der Waals surface area contributed by atoms with Gasteiger partial charge < -0.3 is 10.5 Å². The van der Waals surface area contributed by atoms with Crippen LogP contribution in [0, 0.1) is 3.57 Å². The van der Waals surface area contributed by atoms with Crippen LogP contribution in [0.3, 0.4) is 0 Å². The Labute approximate surface area is 129 Å². The van der Waals surface area contributed by atoms with Crippen LogP contribution in [0.4, 0.5) is 0 Å². The van der Waals surface area contributed by atoms with Crippen LogP contribution in [0.2, 0.25) is 0 Å². The smallest absolute Gasteiger partial charge is 0.0599 e. The highest BCUT2D eigenvalue weighted by molar-refractivity contribution is 14.1. The van der Waals surface area contributed by atoms with Crippen LogP contribution in [-0.4, -0.2) is 37.2 Å². The van der Waals surface area contributed by atoms with Gasteiger partial charge in [0.15, 0.2) is 0 Å². The summed E-state index contributed by atoms with van der Waals surface area (Å²) in [6.45, 7) is 4.88. The number of hydrogen-bond acceptors (Lipinski definition) is 3. The van der Waals surface area contributed by atoms with Crippen molar-refractivity contribution in [1.82, 2.24) is 4.90 Å². The lowest BCUT2D eigenvalue weighted by Crippen LogP contribution is -2.36. The topological polar surface area (TPSA) is 38.5 Å². The highest BCUT2D eigenvalue weighted by Gasteiger charge is 2.19. The van der Waals surface area contributed by atoms with Crippen molar-refractivity contribution in [2.45, 2.75) is 31.9 Å². The number of likely N-dealkylation sites (tertiary alicyclic amines) is 1. The zero-order chi connectivity index (χ0) is 13.5. The number of rotatable bonds is 6. The van der Waals surface area contributed by atoms with Crippen LogP contribution < -0.4 is 5.73 Å². The first kappa shape index (κ1) is 15.2. The third-order valence-corrected chi connectivity index (χ3v) is 4.28. The molecule has 1 aromatic carbocycles. The van der Waals surface area contributed by atoms with Gasteiger partial charge in [0.05, 0.1) is 6.10 Å². The van der Waals surface area contributed by atoms with Crippen molar-refractivity contribution in [3.8, 4) is 0 Å². The summed E-state index contributed by atoms with van der Waals surface area (Å²) in [5, 5.41) is 0. The van der Waals surface area contributed by atoms with Crippen LogP contribution in [0.15, 0.2) is 24.3 Å². The minimum absolute atomic E-state index is 0.444. The molecular formula is C15H23IN2O. The maximum atomic E-state index is 5.83. The van der Waals surface area contributed by atoms with Gasteiger partial charge in [0.25, 0.3) is 0 Å². The third-order valence-electron chi connectivity index (χ3n) is 3.56. The van der Waals surface area contributed by atoms with Crippen molar-refractivity contribution >= 4 is 22.6 Å². The van der Waals surface area contributed by atoms with Gasteiger partial charge >= 0.3 is 0 Å². The molecule has 2 rings (SSSR count). The minimum atomic E-state index is 0.444. The predicted molar refractivity (Wildman–Crippen MR) is 87.1 cm³/mol. The summed E-state index contributed by atoms with van der Waals surface area (Å²) in [6, 6.07) is 8.81. The van der Waals surface area contributed by atoms with Crippen molar-refractivity contribution in [3.63, 3.8) is 0 Å². The maximum Gasteiger partial charge on any atom is 0.0599 e. The van der Waals surface area contributed by atoms with Crippen molar-refractivity contribution in [1.29, 1.82) is 0 Å². The molecule has 4 heteroatoms. The highest BCUT2D eigenvalue weighted by atomic mass is 127. The summed E-state index contributed by atoms with van der Waals surface area (Å²) >= 11 is 2.35. The molecule has 1 aromatic rings. The molecule has 0 radical (unpaired) electrons. The second-order valence-electron chi connectivity index (χ2n) is 5.11. The van der Waals surface area contributed by atoms with Gasteiger partial charge in [-0.1, -0.05) is 12.1 Å². The number of ether oxygens (including phenoxy) is 1. The lowest BCUT2D eigenvalue weighted by atomic mass is 10.1. The molecular weight excluding hydrogens is 351 g/mol. The molecule has 1 aliphatic rings. The van der Waals surface area contributed by atoms with Gasteiger partial charge in [-0.3, -0.25) is 4.90 Å². The average molecular weight is 374 g/mol. The zero-order valence-electron chi connectivity index (χ0n) is 11.4. The van der Waals surface area contributed by atoms with E-state index in [1.807, 2.05) is 0 Å². The SMILES string of the molecule is NCCCOC1CCN(Cc2ccc(I)cc2)CC1. The van der Waals surface area contributed by atoms with Crippen molar-refractivity contribution in [2.75, 3.05) is 26.2 Å². The van der Waals surface area contributed by atoms with E-state index in [1.54, 1.807) is 0 Å². The van der Waals surface area contributed by atoms with Crippen molar-refractivity contribution < 1.29 is 4.74 Å². The first-order chi connectivity index (χ1) is 9.28. The molecule has 0 bridgehead atoms. The lowest BCUT2D eigenvalue weighted by molar-refractivity contribution is 0.00563. The second kappa shape index (κ2) is 8.19. The molecule has 0 amide bonds. The van der Waals surface area contributed by atoms with Gasteiger partial charge in [0.1, 0.15) is 0 Å². The first-order valence-corrected chi connectivity index (χ1v) is 8.14. The van der Waals surface area contributed by atoms with E-state index in [4.69, 9.17) is 10.5 Å². The fraction of sp³-hybridized carbons (Fsp3) is 0.600. The normalized spacial score (nSPS) is 17.8.